The van der Waals surface area contributed by atoms with Crippen molar-refractivity contribution >= 4 is 5.97 Å². The van der Waals surface area contributed by atoms with Crippen molar-refractivity contribution in [3.63, 3.8) is 0 Å². The molecule has 3 aromatic carbocycles. The maximum absolute atomic E-state index is 12.6. The summed E-state index contributed by atoms with van der Waals surface area (Å²) < 4.78 is 22.9. The van der Waals surface area contributed by atoms with Crippen molar-refractivity contribution in [3.05, 3.63) is 94.4 Å². The monoisotopic (exact) mass is 512 g/mol. The summed E-state index contributed by atoms with van der Waals surface area (Å²) in [6.45, 7) is 4.69. The molecule has 0 aliphatic carbocycles. The van der Waals surface area contributed by atoms with Crippen molar-refractivity contribution in [1.82, 2.24) is 0 Å². The first-order chi connectivity index (χ1) is 18.4. The number of methoxy groups -OCH3 is 1. The first-order valence-electron chi connectivity index (χ1n) is 12.8. The maximum Gasteiger partial charge on any atom is 0.343 e. The normalized spacial score (nSPS) is 14.2. The number of ether oxygens (including phenoxy) is 4. The van der Waals surface area contributed by atoms with Gasteiger partial charge in [-0.15, -0.1) is 0 Å². The van der Waals surface area contributed by atoms with Crippen LogP contribution < -0.4 is 24.7 Å². The van der Waals surface area contributed by atoms with Crippen molar-refractivity contribution in [2.45, 2.75) is 45.4 Å². The summed E-state index contributed by atoms with van der Waals surface area (Å²) >= 11 is 0. The molecule has 1 aliphatic heterocycles. The number of nitriles is 1. The van der Waals surface area contributed by atoms with Crippen LogP contribution in [0.2, 0.25) is 0 Å². The van der Waals surface area contributed by atoms with Gasteiger partial charge in [0, 0.05) is 11.6 Å². The Balaban J connectivity index is 1.61. The Morgan fingerprint density at radius 1 is 1.05 bits per heavy atom. The third-order valence-corrected chi connectivity index (χ3v) is 6.43. The fourth-order valence-electron chi connectivity index (χ4n) is 4.47. The molecule has 3 aromatic rings. The molecular weight excluding hydrogens is 480 g/mol. The molecule has 1 unspecified atom stereocenters. The summed E-state index contributed by atoms with van der Waals surface area (Å²) in [5.41, 5.74) is 9.39. The number of esters is 1. The number of fused-ring (bicyclic) bond motifs is 1. The summed E-state index contributed by atoms with van der Waals surface area (Å²) in [6, 6.07) is 20.1. The predicted molar refractivity (Wildman–Crippen MR) is 145 cm³/mol. The Bertz CT molecular complexity index is 1390. The highest BCUT2D eigenvalue weighted by Crippen LogP contribution is 2.45. The Kier molecular flexibility index (Phi) is 8.55. The van der Waals surface area contributed by atoms with Crippen LogP contribution in [0.3, 0.4) is 0 Å². The Morgan fingerprint density at radius 2 is 1.89 bits per heavy atom. The number of hydrogen-bond acceptors (Lipinski definition) is 7. The van der Waals surface area contributed by atoms with Crippen LogP contribution >= 0.6 is 0 Å². The van der Waals surface area contributed by atoms with Crippen LogP contribution in [0, 0.1) is 18.3 Å². The Hall–Kier alpha value is -4.44. The van der Waals surface area contributed by atoms with E-state index in [1.807, 2.05) is 31.2 Å². The van der Waals surface area contributed by atoms with Gasteiger partial charge in [-0.05, 0) is 49.2 Å². The van der Waals surface area contributed by atoms with Crippen molar-refractivity contribution in [1.29, 1.82) is 5.26 Å². The molecule has 7 heteroatoms. The highest BCUT2D eigenvalue weighted by atomic mass is 16.5. The Morgan fingerprint density at radius 3 is 2.63 bits per heavy atom. The number of aryl methyl sites for hydroxylation is 1. The summed E-state index contributed by atoms with van der Waals surface area (Å²) in [5, 5.41) is 9.92. The van der Waals surface area contributed by atoms with Crippen molar-refractivity contribution in [2.24, 2.45) is 5.73 Å². The standard InChI is InChI=1S/C31H32N2O5/c1-4-5-6-7-15-36-26-14-11-21(17-28(26)35-3)29-24-13-12-23(18-27(24)38-30(33)25(29)19-32)37-31(34)22-10-8-9-20(2)16-22/h8-14,16-18,29H,4-7,15,33H2,1-3H3. The molecule has 2 N–H and O–H groups in total. The third kappa shape index (κ3) is 5.92. The average molecular weight is 513 g/mol. The highest BCUT2D eigenvalue weighted by molar-refractivity contribution is 5.91. The minimum Gasteiger partial charge on any atom is -0.493 e. The second kappa shape index (κ2) is 12.2. The molecule has 38 heavy (non-hydrogen) atoms. The Labute approximate surface area is 223 Å². The molecule has 1 heterocycles. The minimum absolute atomic E-state index is 0.00220. The van der Waals surface area contributed by atoms with Gasteiger partial charge < -0.3 is 24.7 Å². The minimum atomic E-state index is -0.488. The first kappa shape index (κ1) is 26.6. The molecule has 0 fully saturated rings. The fourth-order valence-corrected chi connectivity index (χ4v) is 4.47. The van der Waals surface area contributed by atoms with E-state index in [4.69, 9.17) is 24.7 Å². The van der Waals surface area contributed by atoms with Crippen LogP contribution in [0.4, 0.5) is 0 Å². The van der Waals surface area contributed by atoms with Gasteiger partial charge in [0.2, 0.25) is 5.88 Å². The summed E-state index contributed by atoms with van der Waals surface area (Å²) in [4.78, 5) is 12.6. The van der Waals surface area contributed by atoms with E-state index in [-0.39, 0.29) is 11.5 Å². The molecule has 0 spiro atoms. The molecule has 4 rings (SSSR count). The number of hydrogen-bond donors (Lipinski definition) is 1. The van der Waals surface area contributed by atoms with Crippen LogP contribution in [-0.2, 0) is 0 Å². The predicted octanol–water partition coefficient (Wildman–Crippen LogP) is 6.40. The fraction of sp³-hybridized carbons (Fsp3) is 0.290. The van der Waals surface area contributed by atoms with Gasteiger partial charge in [0.1, 0.15) is 23.1 Å². The lowest BCUT2D eigenvalue weighted by Crippen LogP contribution is -2.21. The lowest BCUT2D eigenvalue weighted by Gasteiger charge is -2.27. The van der Waals surface area contributed by atoms with E-state index in [1.165, 1.54) is 12.8 Å². The third-order valence-electron chi connectivity index (χ3n) is 6.43. The van der Waals surface area contributed by atoms with Crippen molar-refractivity contribution in [2.75, 3.05) is 13.7 Å². The number of carbonyl (C=O) groups is 1. The zero-order valence-corrected chi connectivity index (χ0v) is 22.0. The number of allylic oxidation sites excluding steroid dienone is 1. The van der Waals surface area contributed by atoms with Crippen molar-refractivity contribution in [3.8, 4) is 29.1 Å². The summed E-state index contributed by atoms with van der Waals surface area (Å²) in [7, 11) is 1.59. The second-order valence-electron chi connectivity index (χ2n) is 9.20. The molecule has 1 atom stereocenters. The number of unbranched alkanes of at least 4 members (excludes halogenated alkanes) is 3. The maximum atomic E-state index is 12.6. The molecule has 196 valence electrons. The molecule has 0 bridgehead atoms. The van der Waals surface area contributed by atoms with Gasteiger partial charge in [0.25, 0.3) is 0 Å². The first-order valence-corrected chi connectivity index (χ1v) is 12.8. The summed E-state index contributed by atoms with van der Waals surface area (Å²) in [6.07, 6.45) is 4.44. The molecule has 0 amide bonds. The number of nitrogens with zero attached hydrogens (tertiary/aromatic N) is 1. The molecule has 1 aliphatic rings. The molecule has 0 aromatic heterocycles. The second-order valence-corrected chi connectivity index (χ2v) is 9.20. The van der Waals surface area contributed by atoms with E-state index < -0.39 is 11.9 Å². The lowest BCUT2D eigenvalue weighted by molar-refractivity contribution is 0.0734. The quantitative estimate of drug-likeness (QED) is 0.190. The van der Waals surface area contributed by atoms with Gasteiger partial charge in [0.05, 0.1) is 25.2 Å². The number of benzene rings is 3. The number of rotatable bonds is 10. The van der Waals surface area contributed by atoms with Gasteiger partial charge in [-0.3, -0.25) is 0 Å². The topological polar surface area (TPSA) is 104 Å². The van der Waals surface area contributed by atoms with Crippen LogP contribution in [0.15, 0.2) is 72.1 Å². The average Bonchev–Trinajstić information content (AvgIpc) is 2.92. The van der Waals surface area contributed by atoms with E-state index in [1.54, 1.807) is 43.5 Å². The van der Waals surface area contributed by atoms with Crippen LogP contribution in [-0.4, -0.2) is 19.7 Å². The van der Waals surface area contributed by atoms with Crippen LogP contribution in [0.5, 0.6) is 23.0 Å². The SMILES string of the molecule is CCCCCCOc1ccc(C2C(C#N)=C(N)Oc3cc(OC(=O)c4cccc(C)c4)ccc32)cc1OC. The van der Waals surface area contributed by atoms with E-state index in [0.29, 0.717) is 35.2 Å². The van der Waals surface area contributed by atoms with Gasteiger partial charge >= 0.3 is 5.97 Å². The smallest absolute Gasteiger partial charge is 0.343 e. The van der Waals surface area contributed by atoms with Crippen LogP contribution in [0.1, 0.15) is 65.6 Å². The van der Waals surface area contributed by atoms with Crippen molar-refractivity contribution < 1.29 is 23.7 Å². The van der Waals surface area contributed by atoms with Gasteiger partial charge in [-0.25, -0.2) is 4.79 Å². The van der Waals surface area contributed by atoms with E-state index in [0.717, 1.165) is 29.5 Å². The zero-order chi connectivity index (χ0) is 27.1. The lowest BCUT2D eigenvalue weighted by atomic mass is 9.83. The number of nitrogens with two attached hydrogens (primary N) is 1. The van der Waals surface area contributed by atoms with E-state index in [2.05, 4.69) is 13.0 Å². The van der Waals surface area contributed by atoms with Crippen LogP contribution in [0.25, 0.3) is 0 Å². The van der Waals surface area contributed by atoms with E-state index in [9.17, 15) is 10.1 Å². The van der Waals surface area contributed by atoms with Gasteiger partial charge in [-0.1, -0.05) is 56.0 Å². The molecule has 0 saturated carbocycles. The zero-order valence-electron chi connectivity index (χ0n) is 22.0. The molecule has 7 nitrogen and oxygen atoms in total. The largest absolute Gasteiger partial charge is 0.493 e. The van der Waals surface area contributed by atoms with E-state index >= 15 is 0 Å². The highest BCUT2D eigenvalue weighted by Gasteiger charge is 2.32. The number of carbonyl (C=O) groups excluding carboxylic acids is 1. The molecule has 0 radical (unpaired) electrons. The van der Waals surface area contributed by atoms with Gasteiger partial charge in [-0.2, -0.15) is 5.26 Å². The molecular formula is C31H32N2O5. The molecule has 0 saturated heterocycles. The summed E-state index contributed by atoms with van der Waals surface area (Å²) in [5.74, 6) is 0.986. The van der Waals surface area contributed by atoms with Gasteiger partial charge in [0.15, 0.2) is 11.5 Å².